The quantitative estimate of drug-likeness (QED) is 0.282. The van der Waals surface area contributed by atoms with E-state index in [0.717, 1.165) is 67.2 Å². The number of fused-ring (bicyclic) bond motifs is 1. The van der Waals surface area contributed by atoms with Crippen LogP contribution in [-0.2, 0) is 5.54 Å². The van der Waals surface area contributed by atoms with Crippen molar-refractivity contribution in [1.82, 2.24) is 9.88 Å². The smallest absolute Gasteiger partial charge is 0.323 e. The van der Waals surface area contributed by atoms with Gasteiger partial charge < -0.3 is 15.5 Å². The highest BCUT2D eigenvalue weighted by Gasteiger charge is 2.42. The lowest BCUT2D eigenvalue weighted by Gasteiger charge is -2.51. The first-order chi connectivity index (χ1) is 19.5. The van der Waals surface area contributed by atoms with E-state index >= 15 is 0 Å². The summed E-state index contributed by atoms with van der Waals surface area (Å²) in [6, 6.07) is 24.7. The molecule has 0 spiro atoms. The van der Waals surface area contributed by atoms with Crippen LogP contribution in [0.3, 0.4) is 0 Å². The number of benzene rings is 3. The molecule has 0 bridgehead atoms. The number of anilines is 3. The van der Waals surface area contributed by atoms with Crippen molar-refractivity contribution in [2.24, 2.45) is 5.92 Å². The molecule has 0 unspecified atom stereocenters. The van der Waals surface area contributed by atoms with Crippen molar-refractivity contribution in [3.05, 3.63) is 96.4 Å². The summed E-state index contributed by atoms with van der Waals surface area (Å²) in [6.45, 7) is 6.05. The molecule has 6 rings (SSSR count). The number of carbonyl (C=O) groups excluding carboxylic acids is 1. The van der Waals surface area contributed by atoms with Crippen LogP contribution in [0.25, 0.3) is 10.9 Å². The summed E-state index contributed by atoms with van der Waals surface area (Å²) in [6.07, 6.45) is 6.25. The van der Waals surface area contributed by atoms with E-state index in [4.69, 9.17) is 0 Å². The number of nitrogens with zero attached hydrogens (tertiary/aromatic N) is 3. The molecule has 1 aliphatic carbocycles. The van der Waals surface area contributed by atoms with Gasteiger partial charge in [0.1, 0.15) is 5.82 Å². The van der Waals surface area contributed by atoms with Gasteiger partial charge in [-0.25, -0.2) is 9.18 Å². The number of nitrogens with one attached hydrogen (secondary N) is 2. The molecule has 3 aromatic carbocycles. The number of hydrogen-bond acceptors (Lipinski definition) is 4. The van der Waals surface area contributed by atoms with Crippen LogP contribution in [0.4, 0.5) is 26.2 Å². The number of piperazine rings is 1. The molecular weight excluding hydrogens is 501 g/mol. The Bertz CT molecular complexity index is 1470. The fraction of sp³-hybridized carbons (Fsp3) is 0.333. The van der Waals surface area contributed by atoms with Crippen molar-refractivity contribution >= 4 is 34.0 Å². The SMILES string of the molecule is CC1CCC(c2cccc(NC(=O)Nc3cnc4ccccc4c3)c2)(N2CCN(c3ccc(F)cc3)CC2)CC1. The number of halogens is 1. The molecule has 2 heterocycles. The highest BCUT2D eigenvalue weighted by molar-refractivity contribution is 6.00. The molecule has 6 nitrogen and oxygen atoms in total. The lowest BCUT2D eigenvalue weighted by atomic mass is 9.71. The predicted octanol–water partition coefficient (Wildman–Crippen LogP) is 7.25. The van der Waals surface area contributed by atoms with Gasteiger partial charge >= 0.3 is 6.03 Å². The van der Waals surface area contributed by atoms with Gasteiger partial charge in [-0.15, -0.1) is 0 Å². The Morgan fingerprint density at radius 2 is 1.60 bits per heavy atom. The summed E-state index contributed by atoms with van der Waals surface area (Å²) >= 11 is 0. The maximum atomic E-state index is 13.4. The maximum Gasteiger partial charge on any atom is 0.323 e. The first-order valence-electron chi connectivity index (χ1n) is 14.3. The van der Waals surface area contributed by atoms with Gasteiger partial charge in [0, 0.05) is 48.5 Å². The summed E-state index contributed by atoms with van der Waals surface area (Å²) in [5.41, 5.74) is 4.62. The van der Waals surface area contributed by atoms with Gasteiger partial charge in [-0.05, 0) is 85.7 Å². The van der Waals surface area contributed by atoms with E-state index in [9.17, 15) is 9.18 Å². The zero-order chi connectivity index (χ0) is 27.5. The number of aromatic nitrogens is 1. The number of para-hydroxylation sites is 1. The Hall–Kier alpha value is -3.97. The second-order valence-electron chi connectivity index (χ2n) is 11.2. The van der Waals surface area contributed by atoms with E-state index in [1.54, 1.807) is 6.20 Å². The lowest BCUT2D eigenvalue weighted by Crippen LogP contribution is -2.56. The largest absolute Gasteiger partial charge is 0.369 e. The topological polar surface area (TPSA) is 60.5 Å². The van der Waals surface area contributed by atoms with Gasteiger partial charge in [0.25, 0.3) is 0 Å². The van der Waals surface area contributed by atoms with Crippen LogP contribution in [0.15, 0.2) is 85.1 Å². The van der Waals surface area contributed by atoms with Gasteiger partial charge in [-0.3, -0.25) is 9.88 Å². The molecule has 2 aliphatic rings. The fourth-order valence-corrected chi connectivity index (χ4v) is 6.39. The van der Waals surface area contributed by atoms with Crippen molar-refractivity contribution in [3.8, 4) is 0 Å². The van der Waals surface area contributed by atoms with Gasteiger partial charge in [0.05, 0.1) is 17.4 Å². The molecule has 1 aliphatic heterocycles. The zero-order valence-electron chi connectivity index (χ0n) is 22.9. The first kappa shape index (κ1) is 26.3. The molecule has 2 amide bonds. The Balaban J connectivity index is 1.18. The van der Waals surface area contributed by atoms with Crippen molar-refractivity contribution in [2.45, 2.75) is 38.1 Å². The minimum Gasteiger partial charge on any atom is -0.369 e. The van der Waals surface area contributed by atoms with Gasteiger partial charge in [0.2, 0.25) is 0 Å². The van der Waals surface area contributed by atoms with Gasteiger partial charge in [0.15, 0.2) is 0 Å². The Labute approximate surface area is 235 Å². The monoisotopic (exact) mass is 537 g/mol. The summed E-state index contributed by atoms with van der Waals surface area (Å²) in [4.78, 5) is 22.4. The number of urea groups is 1. The third-order valence-corrected chi connectivity index (χ3v) is 8.68. The van der Waals surface area contributed by atoms with Crippen molar-refractivity contribution < 1.29 is 9.18 Å². The maximum absolute atomic E-state index is 13.4. The molecule has 1 saturated heterocycles. The molecule has 2 N–H and O–H groups in total. The third-order valence-electron chi connectivity index (χ3n) is 8.68. The van der Waals surface area contributed by atoms with Crippen LogP contribution in [0.5, 0.6) is 0 Å². The minimum absolute atomic E-state index is 0.0577. The van der Waals surface area contributed by atoms with E-state index in [2.05, 4.69) is 50.5 Å². The van der Waals surface area contributed by atoms with Crippen LogP contribution >= 0.6 is 0 Å². The summed E-state index contributed by atoms with van der Waals surface area (Å²) in [5, 5.41) is 6.96. The zero-order valence-corrected chi connectivity index (χ0v) is 22.9. The highest BCUT2D eigenvalue weighted by atomic mass is 19.1. The van der Waals surface area contributed by atoms with E-state index in [1.807, 2.05) is 48.5 Å². The van der Waals surface area contributed by atoms with Crippen molar-refractivity contribution in [1.29, 1.82) is 0 Å². The fourth-order valence-electron chi connectivity index (χ4n) is 6.39. The van der Waals surface area contributed by atoms with Crippen molar-refractivity contribution in [3.63, 3.8) is 0 Å². The van der Waals surface area contributed by atoms with Crippen LogP contribution in [0.1, 0.15) is 38.2 Å². The molecule has 0 radical (unpaired) electrons. The first-order valence-corrected chi connectivity index (χ1v) is 14.3. The molecule has 206 valence electrons. The van der Waals surface area contributed by atoms with E-state index in [-0.39, 0.29) is 17.4 Å². The lowest BCUT2D eigenvalue weighted by molar-refractivity contribution is 0.0299. The standard InChI is InChI=1S/C33H36FN5O/c1-24-13-15-33(16-14-24,39-19-17-38(18-20-39)30-11-9-27(34)10-12-30)26-6-4-7-28(22-26)36-32(40)37-29-21-25-5-2-3-8-31(25)35-23-29/h2-12,21-24H,13-20H2,1H3,(H2,36,37,40). The van der Waals surface area contributed by atoms with E-state index in [0.29, 0.717) is 5.69 Å². The molecular formula is C33H36FN5O. The second-order valence-corrected chi connectivity index (χ2v) is 11.2. The normalized spacial score (nSPS) is 21.8. The number of amides is 2. The number of hydrogen-bond donors (Lipinski definition) is 2. The molecule has 4 aromatic rings. The van der Waals surface area contributed by atoms with Crippen LogP contribution in [-0.4, -0.2) is 42.1 Å². The molecule has 2 fully saturated rings. The van der Waals surface area contributed by atoms with Crippen molar-refractivity contribution in [2.75, 3.05) is 41.7 Å². The number of pyridine rings is 1. The Kier molecular flexibility index (Phi) is 7.39. The predicted molar refractivity (Wildman–Crippen MR) is 160 cm³/mol. The van der Waals surface area contributed by atoms with Crippen LogP contribution < -0.4 is 15.5 Å². The highest BCUT2D eigenvalue weighted by Crippen LogP contribution is 2.45. The summed E-state index contributed by atoms with van der Waals surface area (Å²) in [5.74, 6) is 0.519. The minimum atomic E-state index is -0.284. The molecule has 1 saturated carbocycles. The number of carbonyl (C=O) groups is 1. The molecule has 7 heteroatoms. The molecule has 1 aromatic heterocycles. The van der Waals surface area contributed by atoms with E-state index in [1.165, 1.54) is 30.5 Å². The van der Waals surface area contributed by atoms with Gasteiger partial charge in [-0.1, -0.05) is 37.3 Å². The Morgan fingerprint density at radius 1 is 0.875 bits per heavy atom. The van der Waals surface area contributed by atoms with Crippen LogP contribution in [0, 0.1) is 11.7 Å². The van der Waals surface area contributed by atoms with Gasteiger partial charge in [-0.2, -0.15) is 0 Å². The second kappa shape index (κ2) is 11.3. The molecule has 40 heavy (non-hydrogen) atoms. The van der Waals surface area contributed by atoms with Crippen LogP contribution in [0.2, 0.25) is 0 Å². The third kappa shape index (κ3) is 5.52. The van der Waals surface area contributed by atoms with E-state index < -0.39 is 0 Å². The Morgan fingerprint density at radius 3 is 2.38 bits per heavy atom. The summed E-state index contributed by atoms with van der Waals surface area (Å²) in [7, 11) is 0. The molecule has 0 atom stereocenters. The summed E-state index contributed by atoms with van der Waals surface area (Å²) < 4.78 is 13.4. The average molecular weight is 538 g/mol. The average Bonchev–Trinajstić information content (AvgIpc) is 2.98. The number of rotatable bonds is 5.